The minimum absolute atomic E-state index is 0.0280. The second kappa shape index (κ2) is 3.64. The average molecular weight is 209 g/mol. The Balaban J connectivity index is 2.36. The van der Waals surface area contributed by atoms with Crippen molar-refractivity contribution in [2.24, 2.45) is 0 Å². The van der Waals surface area contributed by atoms with Crippen LogP contribution in [0.3, 0.4) is 0 Å². The number of nitrogens with one attached hydrogen (secondary N) is 1. The predicted molar refractivity (Wildman–Crippen MR) is 55.6 cm³/mol. The molecule has 1 heterocycles. The van der Waals surface area contributed by atoms with Crippen molar-refractivity contribution in [3.63, 3.8) is 0 Å². The van der Waals surface area contributed by atoms with Crippen molar-refractivity contribution in [3.8, 4) is 0 Å². The number of anilines is 1. The summed E-state index contributed by atoms with van der Waals surface area (Å²) < 4.78 is 0. The van der Waals surface area contributed by atoms with Crippen LogP contribution in [-0.2, 0) is 4.79 Å². The van der Waals surface area contributed by atoms with Gasteiger partial charge in [0.25, 0.3) is 0 Å². The third kappa shape index (κ3) is 1.77. The van der Waals surface area contributed by atoms with E-state index in [1.807, 2.05) is 0 Å². The first-order valence-corrected chi connectivity index (χ1v) is 5.08. The summed E-state index contributed by atoms with van der Waals surface area (Å²) in [4.78, 5) is 11.9. The van der Waals surface area contributed by atoms with Crippen molar-refractivity contribution < 1.29 is 14.8 Å². The number of hydrogen-bond donors (Lipinski definition) is 3. The largest absolute Gasteiger partial charge is 0.488 e. The van der Waals surface area contributed by atoms with Gasteiger partial charge in [0.05, 0.1) is 11.4 Å². The molecule has 0 radical (unpaired) electrons. The van der Waals surface area contributed by atoms with E-state index >= 15 is 0 Å². The van der Waals surface area contributed by atoms with Crippen molar-refractivity contribution in [2.45, 2.75) is 4.90 Å². The Hall–Kier alpha value is -0.975. The first-order chi connectivity index (χ1) is 6.66. The summed E-state index contributed by atoms with van der Waals surface area (Å²) in [5.41, 5.74) is 1.17. The Labute approximate surface area is 85.5 Å². The van der Waals surface area contributed by atoms with Gasteiger partial charge in [-0.2, -0.15) is 0 Å². The molecule has 72 valence electrons. The Morgan fingerprint density at radius 2 is 2.21 bits per heavy atom. The van der Waals surface area contributed by atoms with Gasteiger partial charge in [-0.1, -0.05) is 6.07 Å². The highest BCUT2D eigenvalue weighted by molar-refractivity contribution is 8.00. The molecule has 0 aliphatic carbocycles. The standard InChI is InChI=1S/C8H8BNO3S/c11-8-4-14-7-3-5(9(12)13)1-2-6(7)10-8/h1-3,12-13H,4H2,(H,10,11). The number of carbonyl (C=O) groups is 1. The van der Waals surface area contributed by atoms with Gasteiger partial charge < -0.3 is 15.4 Å². The Bertz CT molecular complexity index is 383. The average Bonchev–Trinajstić information content (AvgIpc) is 2.16. The third-order valence-corrected chi connectivity index (χ3v) is 2.99. The zero-order valence-corrected chi connectivity index (χ0v) is 8.04. The summed E-state index contributed by atoms with van der Waals surface area (Å²) in [6.45, 7) is 0. The number of rotatable bonds is 1. The molecule has 0 aromatic heterocycles. The maximum Gasteiger partial charge on any atom is 0.488 e. The van der Waals surface area contributed by atoms with Gasteiger partial charge in [-0.05, 0) is 17.6 Å². The molecule has 0 unspecified atom stereocenters. The van der Waals surface area contributed by atoms with Gasteiger partial charge in [-0.25, -0.2) is 0 Å². The Morgan fingerprint density at radius 3 is 2.93 bits per heavy atom. The van der Waals surface area contributed by atoms with Crippen LogP contribution in [-0.4, -0.2) is 28.8 Å². The number of thioether (sulfide) groups is 1. The van der Waals surface area contributed by atoms with E-state index in [0.717, 1.165) is 10.6 Å². The summed E-state index contributed by atoms with van der Waals surface area (Å²) >= 11 is 1.39. The minimum atomic E-state index is -1.46. The zero-order chi connectivity index (χ0) is 10.1. The SMILES string of the molecule is O=C1CSc2cc(B(O)O)ccc2N1. The van der Waals surface area contributed by atoms with Crippen molar-refractivity contribution in [3.05, 3.63) is 18.2 Å². The van der Waals surface area contributed by atoms with Crippen LogP contribution in [0.15, 0.2) is 23.1 Å². The van der Waals surface area contributed by atoms with Gasteiger partial charge in [-0.3, -0.25) is 4.79 Å². The molecule has 1 aromatic carbocycles. The molecule has 0 atom stereocenters. The zero-order valence-electron chi connectivity index (χ0n) is 7.23. The van der Waals surface area contributed by atoms with E-state index in [1.54, 1.807) is 18.2 Å². The monoisotopic (exact) mass is 209 g/mol. The van der Waals surface area contributed by atoms with Crippen LogP contribution < -0.4 is 10.8 Å². The summed E-state index contributed by atoms with van der Waals surface area (Å²) in [5.74, 6) is 0.345. The van der Waals surface area contributed by atoms with Crippen molar-refractivity contribution in [1.29, 1.82) is 0 Å². The number of carbonyl (C=O) groups excluding carboxylic acids is 1. The van der Waals surface area contributed by atoms with E-state index in [4.69, 9.17) is 10.0 Å². The van der Waals surface area contributed by atoms with Gasteiger partial charge in [-0.15, -0.1) is 11.8 Å². The molecule has 0 saturated heterocycles. The van der Waals surface area contributed by atoms with Crippen molar-refractivity contribution >= 4 is 35.9 Å². The molecular formula is C8H8BNO3S. The molecular weight excluding hydrogens is 201 g/mol. The van der Waals surface area contributed by atoms with Crippen molar-refractivity contribution in [2.75, 3.05) is 11.1 Å². The van der Waals surface area contributed by atoms with Crippen LogP contribution in [0.4, 0.5) is 5.69 Å². The Kier molecular flexibility index (Phi) is 2.49. The van der Waals surface area contributed by atoms with Crippen LogP contribution >= 0.6 is 11.8 Å². The van der Waals surface area contributed by atoms with Gasteiger partial charge in [0.1, 0.15) is 0 Å². The number of amides is 1. The first-order valence-electron chi connectivity index (χ1n) is 4.09. The maximum atomic E-state index is 11.0. The first kappa shape index (κ1) is 9.58. The number of fused-ring (bicyclic) bond motifs is 1. The molecule has 1 aliphatic heterocycles. The molecule has 0 fully saturated rings. The van der Waals surface area contributed by atoms with E-state index in [9.17, 15) is 4.79 Å². The molecule has 0 bridgehead atoms. The highest BCUT2D eigenvalue weighted by atomic mass is 32.2. The molecule has 1 aliphatic rings. The smallest absolute Gasteiger partial charge is 0.423 e. The lowest BCUT2D eigenvalue weighted by atomic mass is 9.80. The van der Waals surface area contributed by atoms with Gasteiger partial charge >= 0.3 is 7.12 Å². The summed E-state index contributed by atoms with van der Waals surface area (Å²) in [5, 5.41) is 20.6. The minimum Gasteiger partial charge on any atom is -0.423 e. The highest BCUT2D eigenvalue weighted by Gasteiger charge is 2.18. The molecule has 3 N–H and O–H groups in total. The fraction of sp³-hybridized carbons (Fsp3) is 0.125. The Morgan fingerprint density at radius 1 is 1.43 bits per heavy atom. The summed E-state index contributed by atoms with van der Waals surface area (Å²) in [7, 11) is -1.46. The lowest BCUT2D eigenvalue weighted by Crippen LogP contribution is -2.30. The van der Waals surface area contributed by atoms with Crippen LogP contribution in [0.25, 0.3) is 0 Å². The summed E-state index contributed by atoms with van der Waals surface area (Å²) in [6.07, 6.45) is 0. The molecule has 4 nitrogen and oxygen atoms in total. The number of hydrogen-bond acceptors (Lipinski definition) is 4. The van der Waals surface area contributed by atoms with E-state index in [-0.39, 0.29) is 5.91 Å². The van der Waals surface area contributed by atoms with Gasteiger partial charge in [0.2, 0.25) is 5.91 Å². The normalized spacial score (nSPS) is 14.6. The van der Waals surface area contributed by atoms with Gasteiger partial charge in [0, 0.05) is 4.90 Å². The lowest BCUT2D eigenvalue weighted by Gasteiger charge is -2.16. The molecule has 1 amide bonds. The van der Waals surface area contributed by atoms with E-state index in [1.165, 1.54) is 11.8 Å². The quantitative estimate of drug-likeness (QED) is 0.540. The lowest BCUT2D eigenvalue weighted by molar-refractivity contribution is -0.113. The molecule has 0 saturated carbocycles. The van der Waals surface area contributed by atoms with E-state index in [2.05, 4.69) is 5.32 Å². The fourth-order valence-corrected chi connectivity index (χ4v) is 2.10. The molecule has 1 aromatic rings. The highest BCUT2D eigenvalue weighted by Crippen LogP contribution is 2.29. The maximum absolute atomic E-state index is 11.0. The number of benzene rings is 1. The molecule has 0 spiro atoms. The fourth-order valence-electron chi connectivity index (χ4n) is 1.25. The van der Waals surface area contributed by atoms with Crippen LogP contribution in [0.1, 0.15) is 0 Å². The van der Waals surface area contributed by atoms with Crippen LogP contribution in [0.5, 0.6) is 0 Å². The second-order valence-electron chi connectivity index (χ2n) is 2.97. The van der Waals surface area contributed by atoms with E-state index in [0.29, 0.717) is 11.2 Å². The van der Waals surface area contributed by atoms with Gasteiger partial charge in [0.15, 0.2) is 0 Å². The van der Waals surface area contributed by atoms with E-state index < -0.39 is 7.12 Å². The molecule has 14 heavy (non-hydrogen) atoms. The molecule has 2 rings (SSSR count). The predicted octanol–water partition coefficient (Wildman–Crippen LogP) is -0.589. The second-order valence-corrected chi connectivity index (χ2v) is 3.98. The topological polar surface area (TPSA) is 69.6 Å². The van der Waals surface area contributed by atoms with Crippen LogP contribution in [0, 0.1) is 0 Å². The van der Waals surface area contributed by atoms with Crippen molar-refractivity contribution in [1.82, 2.24) is 0 Å². The molecule has 6 heteroatoms. The third-order valence-electron chi connectivity index (χ3n) is 1.94. The van der Waals surface area contributed by atoms with Crippen LogP contribution in [0.2, 0.25) is 0 Å². The summed E-state index contributed by atoms with van der Waals surface area (Å²) in [6, 6.07) is 4.92.